The molecule has 0 aliphatic heterocycles. The van der Waals surface area contributed by atoms with Crippen molar-refractivity contribution in [1.29, 1.82) is 0 Å². The molecule has 0 atom stereocenters. The number of phenolic OH excluding ortho intramolecular Hbond substituents is 5. The highest BCUT2D eigenvalue weighted by Crippen LogP contribution is 2.55. The standard InChI is InChI=1S/C68H98O5/c1-39-29-55(69)47(60(3,4)5)37-45(39)44(46-38-48(61(6,7)8)56(70)30-40(46)2)27-28-68(41-31-49(62(9,10)11)57(71)50(32-41)63(12,13)14,42-33-51(64(15,16)17)58(72)52(34-42)65(18,19)20)43-35-53(66(21,22)23)59(73)54(36-43)67(24,25)26/h29-38,44,69-73H,27-28H2,1-26H3. The molecule has 0 radical (unpaired) electrons. The number of aromatic hydroxyl groups is 5. The van der Waals surface area contributed by atoms with Crippen LogP contribution >= 0.6 is 0 Å². The number of benzene rings is 5. The summed E-state index contributed by atoms with van der Waals surface area (Å²) in [6.07, 6.45) is 1.15. The predicted octanol–water partition coefficient (Wildman–Crippen LogP) is 18.2. The van der Waals surface area contributed by atoms with Crippen LogP contribution in [0.2, 0.25) is 0 Å². The SMILES string of the molecule is Cc1cc(O)c(C(C)(C)C)cc1C(CCC(c1cc(C(C)(C)C)c(O)c(C(C)(C)C)c1)(c1cc(C(C)(C)C)c(O)c(C(C)(C)C)c1)c1cc(C(C)(C)C)c(O)c(C(C)(C)C)c1)c1cc(C(C)(C)C)c(O)cc1C. The maximum atomic E-state index is 12.6. The van der Waals surface area contributed by atoms with E-state index < -0.39 is 37.9 Å². The Morgan fingerprint density at radius 3 is 0.699 bits per heavy atom. The zero-order chi connectivity index (χ0) is 56.1. The van der Waals surface area contributed by atoms with Crippen LogP contribution in [0.1, 0.15) is 268 Å². The summed E-state index contributed by atoms with van der Waals surface area (Å²) in [5.74, 6) is 1.21. The average molecular weight is 996 g/mol. The Labute approximate surface area is 443 Å². The molecule has 0 aliphatic rings. The second-order valence-electron chi connectivity index (χ2n) is 30.2. The Hall–Kier alpha value is -4.90. The predicted molar refractivity (Wildman–Crippen MR) is 311 cm³/mol. The molecule has 73 heavy (non-hydrogen) atoms. The van der Waals surface area contributed by atoms with Crippen molar-refractivity contribution < 1.29 is 25.5 Å². The van der Waals surface area contributed by atoms with Gasteiger partial charge in [0.2, 0.25) is 0 Å². The van der Waals surface area contributed by atoms with Crippen LogP contribution in [0.4, 0.5) is 0 Å². The third-order valence-electron chi connectivity index (χ3n) is 15.6. The van der Waals surface area contributed by atoms with Crippen LogP contribution in [0.3, 0.4) is 0 Å². The van der Waals surface area contributed by atoms with Gasteiger partial charge in [0.25, 0.3) is 0 Å². The molecule has 0 fully saturated rings. The van der Waals surface area contributed by atoms with Gasteiger partial charge in [0, 0.05) is 11.3 Å². The molecule has 0 aromatic heterocycles. The van der Waals surface area contributed by atoms with Crippen LogP contribution in [-0.4, -0.2) is 25.5 Å². The van der Waals surface area contributed by atoms with E-state index in [-0.39, 0.29) is 28.2 Å². The summed E-state index contributed by atoms with van der Waals surface area (Å²) in [6.45, 7) is 56.1. The fraction of sp³-hybridized carbons (Fsp3) is 0.559. The summed E-state index contributed by atoms with van der Waals surface area (Å²) in [5.41, 5.74) is 9.56. The zero-order valence-electron chi connectivity index (χ0n) is 50.5. The van der Waals surface area contributed by atoms with Crippen molar-refractivity contribution in [2.45, 2.75) is 248 Å². The number of hydrogen-bond donors (Lipinski definition) is 5. The van der Waals surface area contributed by atoms with Crippen LogP contribution in [0, 0.1) is 13.8 Å². The molecule has 5 heteroatoms. The van der Waals surface area contributed by atoms with Crippen molar-refractivity contribution in [1.82, 2.24) is 0 Å². The molecular formula is C68H98O5. The second kappa shape index (κ2) is 19.0. The first kappa shape index (κ1) is 59.0. The minimum absolute atomic E-state index is 0.230. The van der Waals surface area contributed by atoms with Gasteiger partial charge in [-0.1, -0.05) is 215 Å². The van der Waals surface area contributed by atoms with Gasteiger partial charge < -0.3 is 25.5 Å². The second-order valence-corrected chi connectivity index (χ2v) is 30.2. The summed E-state index contributed by atoms with van der Waals surface area (Å²) in [5, 5.41) is 61.0. The van der Waals surface area contributed by atoms with Gasteiger partial charge in [-0.25, -0.2) is 0 Å². The van der Waals surface area contributed by atoms with Crippen LogP contribution in [-0.2, 0) is 48.7 Å². The van der Waals surface area contributed by atoms with Crippen molar-refractivity contribution in [3.05, 3.63) is 144 Å². The Kier molecular flexibility index (Phi) is 15.4. The van der Waals surface area contributed by atoms with Crippen molar-refractivity contribution in [3.8, 4) is 28.7 Å². The lowest BCUT2D eigenvalue weighted by atomic mass is 9.60. The van der Waals surface area contributed by atoms with E-state index in [2.05, 4.69) is 229 Å². The molecular weight excluding hydrogens is 897 g/mol. The lowest BCUT2D eigenvalue weighted by Gasteiger charge is -2.43. The fourth-order valence-electron chi connectivity index (χ4n) is 11.2. The van der Waals surface area contributed by atoms with Crippen molar-refractivity contribution in [2.75, 3.05) is 0 Å². The summed E-state index contributed by atoms with van der Waals surface area (Å²) in [7, 11) is 0. The summed E-state index contributed by atoms with van der Waals surface area (Å²) < 4.78 is 0. The Balaban J connectivity index is 2.23. The highest BCUT2D eigenvalue weighted by Gasteiger charge is 2.44. The summed E-state index contributed by atoms with van der Waals surface area (Å²) >= 11 is 0. The summed E-state index contributed by atoms with van der Waals surface area (Å²) in [6, 6.07) is 21.8. The van der Waals surface area contributed by atoms with E-state index in [9.17, 15) is 25.5 Å². The van der Waals surface area contributed by atoms with Gasteiger partial charge in [0.1, 0.15) is 28.7 Å². The van der Waals surface area contributed by atoms with E-state index in [1.807, 2.05) is 12.1 Å². The van der Waals surface area contributed by atoms with E-state index in [1.165, 1.54) is 0 Å². The molecule has 0 saturated heterocycles. The Morgan fingerprint density at radius 2 is 0.507 bits per heavy atom. The first-order valence-corrected chi connectivity index (χ1v) is 27.0. The molecule has 0 spiro atoms. The average Bonchev–Trinajstić information content (AvgIpc) is 3.17. The van der Waals surface area contributed by atoms with E-state index in [0.717, 1.165) is 83.5 Å². The molecule has 0 unspecified atom stereocenters. The fourth-order valence-corrected chi connectivity index (χ4v) is 11.2. The van der Waals surface area contributed by atoms with Crippen molar-refractivity contribution in [2.24, 2.45) is 0 Å². The maximum Gasteiger partial charge on any atom is 0.123 e. The number of aryl methyl sites for hydroxylation is 2. The third-order valence-corrected chi connectivity index (χ3v) is 15.6. The van der Waals surface area contributed by atoms with E-state index in [0.29, 0.717) is 30.1 Å². The minimum atomic E-state index is -0.997. The molecule has 5 aromatic rings. The molecule has 5 nitrogen and oxygen atoms in total. The highest BCUT2D eigenvalue weighted by molar-refractivity contribution is 5.64. The molecule has 5 rings (SSSR count). The Bertz CT molecular complexity index is 2490. The van der Waals surface area contributed by atoms with Crippen molar-refractivity contribution in [3.63, 3.8) is 0 Å². The number of rotatable bonds is 8. The van der Waals surface area contributed by atoms with Gasteiger partial charge in [-0.05, 0) is 166 Å². The molecule has 5 aromatic carbocycles. The van der Waals surface area contributed by atoms with Crippen LogP contribution in [0.15, 0.2) is 60.7 Å². The Morgan fingerprint density at radius 1 is 0.301 bits per heavy atom. The number of phenols is 5. The van der Waals surface area contributed by atoms with E-state index >= 15 is 0 Å². The topological polar surface area (TPSA) is 101 Å². The van der Waals surface area contributed by atoms with Crippen LogP contribution in [0.25, 0.3) is 0 Å². The molecule has 0 aliphatic carbocycles. The molecule has 0 heterocycles. The van der Waals surface area contributed by atoms with Crippen molar-refractivity contribution >= 4 is 0 Å². The normalized spacial score (nSPS) is 13.8. The molecule has 0 saturated carbocycles. The van der Waals surface area contributed by atoms with E-state index in [1.54, 1.807) is 0 Å². The lowest BCUT2D eigenvalue weighted by Crippen LogP contribution is -2.34. The smallest absolute Gasteiger partial charge is 0.123 e. The lowest BCUT2D eigenvalue weighted by molar-refractivity contribution is 0.414. The minimum Gasteiger partial charge on any atom is -0.508 e. The third kappa shape index (κ3) is 11.8. The largest absolute Gasteiger partial charge is 0.508 e. The van der Waals surface area contributed by atoms with Gasteiger partial charge in [0.05, 0.1) is 0 Å². The van der Waals surface area contributed by atoms with Gasteiger partial charge in [0.15, 0.2) is 0 Å². The first-order chi connectivity index (χ1) is 32.6. The van der Waals surface area contributed by atoms with Gasteiger partial charge >= 0.3 is 0 Å². The zero-order valence-corrected chi connectivity index (χ0v) is 50.5. The van der Waals surface area contributed by atoms with E-state index in [4.69, 9.17) is 0 Å². The quantitative estimate of drug-likeness (QED) is 0.0997. The monoisotopic (exact) mass is 995 g/mol. The number of hydrogen-bond acceptors (Lipinski definition) is 5. The van der Waals surface area contributed by atoms with Gasteiger partial charge in [-0.15, -0.1) is 0 Å². The van der Waals surface area contributed by atoms with Gasteiger partial charge in [-0.3, -0.25) is 0 Å². The molecule has 5 N–H and O–H groups in total. The van der Waals surface area contributed by atoms with Crippen LogP contribution < -0.4 is 0 Å². The summed E-state index contributed by atoms with van der Waals surface area (Å²) in [4.78, 5) is 0. The highest BCUT2D eigenvalue weighted by atomic mass is 16.3. The molecule has 400 valence electrons. The molecule has 0 amide bonds. The van der Waals surface area contributed by atoms with Crippen LogP contribution in [0.5, 0.6) is 28.7 Å². The maximum absolute atomic E-state index is 12.6. The first-order valence-electron chi connectivity index (χ1n) is 27.0. The van der Waals surface area contributed by atoms with Gasteiger partial charge in [-0.2, -0.15) is 0 Å². The molecule has 0 bridgehead atoms.